The average molecular weight is 454 g/mol. The van der Waals surface area contributed by atoms with E-state index in [1.165, 1.54) is 7.11 Å². The summed E-state index contributed by atoms with van der Waals surface area (Å²) in [5.41, 5.74) is 3.06. The number of allylic oxidation sites excluding steroid dienone is 3. The van der Waals surface area contributed by atoms with E-state index in [1.54, 1.807) is 19.2 Å². The number of nitrogens with one attached hydrogen (secondary N) is 1. The van der Waals surface area contributed by atoms with Crippen molar-refractivity contribution in [3.05, 3.63) is 52.4 Å². The second-order valence-corrected chi connectivity index (χ2v) is 9.12. The molecule has 1 aromatic carbocycles. The molecule has 7 nitrogen and oxygen atoms in total. The van der Waals surface area contributed by atoms with E-state index in [0.29, 0.717) is 29.0 Å². The zero-order chi connectivity index (χ0) is 23.7. The quantitative estimate of drug-likeness (QED) is 0.536. The Kier molecular flexibility index (Phi) is 6.58. The Morgan fingerprint density at radius 3 is 2.33 bits per heavy atom. The Bertz CT molecular complexity index is 1020. The molecule has 33 heavy (non-hydrogen) atoms. The Morgan fingerprint density at radius 1 is 1.06 bits per heavy atom. The highest BCUT2D eigenvalue weighted by Gasteiger charge is 2.47. The van der Waals surface area contributed by atoms with Crippen LogP contribution in [0.4, 0.5) is 0 Å². The standard InChI is InChI=1S/C26H31NO6/c1-14-13-19-23(24(28)20(14)25(29)32-4)22(16-9-11-17(31-3)12-10-16)21(15(2)27-19)26(30)33-18-7-5-6-8-18/h9-12,14,18,20,22,27H,5-8,13H2,1-4H3/t14-,20-,22+/m0/s1. The lowest BCUT2D eigenvalue weighted by atomic mass is 9.69. The van der Waals surface area contributed by atoms with Crippen LogP contribution >= 0.6 is 0 Å². The average Bonchev–Trinajstić information content (AvgIpc) is 3.30. The highest BCUT2D eigenvalue weighted by Crippen LogP contribution is 2.46. The van der Waals surface area contributed by atoms with Crippen molar-refractivity contribution in [3.63, 3.8) is 0 Å². The second-order valence-electron chi connectivity index (χ2n) is 9.12. The van der Waals surface area contributed by atoms with Crippen molar-refractivity contribution in [2.75, 3.05) is 14.2 Å². The zero-order valence-electron chi connectivity index (χ0n) is 19.6. The molecule has 2 aliphatic carbocycles. The van der Waals surface area contributed by atoms with Crippen LogP contribution in [0.2, 0.25) is 0 Å². The number of dihydropyridines is 1. The summed E-state index contributed by atoms with van der Waals surface area (Å²) >= 11 is 0. The fraction of sp³-hybridized carbons (Fsp3) is 0.500. The highest BCUT2D eigenvalue weighted by atomic mass is 16.5. The van der Waals surface area contributed by atoms with E-state index in [9.17, 15) is 14.4 Å². The zero-order valence-corrected chi connectivity index (χ0v) is 19.6. The summed E-state index contributed by atoms with van der Waals surface area (Å²) in [5, 5.41) is 3.30. The van der Waals surface area contributed by atoms with E-state index in [2.05, 4.69) is 5.32 Å². The molecule has 176 valence electrons. The number of rotatable bonds is 5. The number of carbonyl (C=O) groups excluding carboxylic acids is 3. The molecule has 0 amide bonds. The van der Waals surface area contributed by atoms with Gasteiger partial charge in [0.15, 0.2) is 5.78 Å². The van der Waals surface area contributed by atoms with Gasteiger partial charge in [-0.05, 0) is 62.6 Å². The predicted octanol–water partition coefficient (Wildman–Crippen LogP) is 3.79. The lowest BCUT2D eigenvalue weighted by molar-refractivity contribution is -0.151. The molecule has 1 aromatic rings. The number of ketones is 1. The van der Waals surface area contributed by atoms with Gasteiger partial charge < -0.3 is 19.5 Å². The highest BCUT2D eigenvalue weighted by molar-refractivity contribution is 6.12. The van der Waals surface area contributed by atoms with Crippen LogP contribution in [0.5, 0.6) is 5.75 Å². The number of carbonyl (C=O) groups is 3. The van der Waals surface area contributed by atoms with Gasteiger partial charge in [0, 0.05) is 22.9 Å². The lowest BCUT2D eigenvalue weighted by Crippen LogP contribution is -2.43. The maximum absolute atomic E-state index is 13.7. The molecule has 0 saturated heterocycles. The number of hydrogen-bond donors (Lipinski definition) is 1. The van der Waals surface area contributed by atoms with Crippen LogP contribution in [0.25, 0.3) is 0 Å². The number of hydrogen-bond acceptors (Lipinski definition) is 7. The number of benzene rings is 1. The van der Waals surface area contributed by atoms with Crippen LogP contribution in [0.15, 0.2) is 46.8 Å². The molecule has 0 bridgehead atoms. The van der Waals surface area contributed by atoms with Crippen LogP contribution in [0.3, 0.4) is 0 Å². The fourth-order valence-corrected chi connectivity index (χ4v) is 5.30. The summed E-state index contributed by atoms with van der Waals surface area (Å²) in [6.45, 7) is 3.71. The molecule has 1 fully saturated rings. The molecule has 1 saturated carbocycles. The number of esters is 2. The molecule has 3 atom stereocenters. The minimum absolute atomic E-state index is 0.102. The summed E-state index contributed by atoms with van der Waals surface area (Å²) in [7, 11) is 2.88. The summed E-state index contributed by atoms with van der Waals surface area (Å²) < 4.78 is 16.1. The third-order valence-corrected chi connectivity index (χ3v) is 6.99. The molecule has 1 heterocycles. The third-order valence-electron chi connectivity index (χ3n) is 6.99. The van der Waals surface area contributed by atoms with Crippen molar-refractivity contribution in [2.45, 2.75) is 58.0 Å². The van der Waals surface area contributed by atoms with E-state index in [1.807, 2.05) is 26.0 Å². The van der Waals surface area contributed by atoms with Gasteiger partial charge in [-0.1, -0.05) is 19.1 Å². The van der Waals surface area contributed by atoms with Crippen molar-refractivity contribution in [1.29, 1.82) is 0 Å². The van der Waals surface area contributed by atoms with E-state index in [4.69, 9.17) is 14.2 Å². The summed E-state index contributed by atoms with van der Waals surface area (Å²) in [5.74, 6) is -2.34. The van der Waals surface area contributed by atoms with Crippen molar-refractivity contribution in [1.82, 2.24) is 5.32 Å². The monoisotopic (exact) mass is 453 g/mol. The van der Waals surface area contributed by atoms with E-state index in [-0.39, 0.29) is 17.8 Å². The number of methoxy groups -OCH3 is 2. The Balaban J connectivity index is 1.79. The maximum Gasteiger partial charge on any atom is 0.337 e. The Hall–Kier alpha value is -3.09. The minimum atomic E-state index is -0.901. The first-order valence-electron chi connectivity index (χ1n) is 11.5. The topological polar surface area (TPSA) is 90.9 Å². The molecular formula is C26H31NO6. The van der Waals surface area contributed by atoms with Gasteiger partial charge >= 0.3 is 11.9 Å². The predicted molar refractivity (Wildman–Crippen MR) is 121 cm³/mol. The number of ether oxygens (including phenoxy) is 3. The molecule has 0 aromatic heterocycles. The van der Waals surface area contributed by atoms with Gasteiger partial charge in [-0.3, -0.25) is 9.59 Å². The van der Waals surface area contributed by atoms with Crippen LogP contribution in [-0.2, 0) is 23.9 Å². The van der Waals surface area contributed by atoms with E-state index < -0.39 is 23.8 Å². The van der Waals surface area contributed by atoms with Gasteiger partial charge in [0.1, 0.15) is 17.8 Å². The van der Waals surface area contributed by atoms with E-state index >= 15 is 0 Å². The van der Waals surface area contributed by atoms with Gasteiger partial charge in [-0.2, -0.15) is 0 Å². The minimum Gasteiger partial charge on any atom is -0.497 e. The van der Waals surface area contributed by atoms with Crippen molar-refractivity contribution < 1.29 is 28.6 Å². The molecule has 4 rings (SSSR count). The SMILES string of the molecule is COC(=O)[C@@H]1C(=O)C2=C(C[C@@H]1C)NC(C)=C(C(=O)OC1CCCC1)[C@H]2c1ccc(OC)cc1. The molecule has 0 spiro atoms. The second kappa shape index (κ2) is 9.41. The van der Waals surface area contributed by atoms with Gasteiger partial charge in [0.05, 0.1) is 19.8 Å². The summed E-state index contributed by atoms with van der Waals surface area (Å²) in [6, 6.07) is 7.32. The molecule has 0 unspecified atom stereocenters. The van der Waals surface area contributed by atoms with Gasteiger partial charge in [0.25, 0.3) is 0 Å². The molecule has 1 aliphatic heterocycles. The lowest BCUT2D eigenvalue weighted by Gasteiger charge is -2.38. The van der Waals surface area contributed by atoms with Crippen molar-refractivity contribution in [2.24, 2.45) is 11.8 Å². The first-order chi connectivity index (χ1) is 15.8. The first-order valence-corrected chi connectivity index (χ1v) is 11.5. The molecule has 1 N–H and O–H groups in total. The van der Waals surface area contributed by atoms with Crippen LogP contribution in [0.1, 0.15) is 57.4 Å². The Morgan fingerprint density at radius 2 is 1.73 bits per heavy atom. The fourth-order valence-electron chi connectivity index (χ4n) is 5.30. The third kappa shape index (κ3) is 4.28. The number of Topliss-reactive ketones (excluding diaryl/α,β-unsaturated/α-hetero) is 1. The smallest absolute Gasteiger partial charge is 0.337 e. The maximum atomic E-state index is 13.7. The van der Waals surface area contributed by atoms with Gasteiger partial charge in [-0.25, -0.2) is 4.79 Å². The van der Waals surface area contributed by atoms with Gasteiger partial charge in [-0.15, -0.1) is 0 Å². The van der Waals surface area contributed by atoms with Crippen LogP contribution in [0, 0.1) is 11.8 Å². The van der Waals surface area contributed by atoms with Gasteiger partial charge in [0.2, 0.25) is 0 Å². The molecule has 7 heteroatoms. The largest absolute Gasteiger partial charge is 0.497 e. The van der Waals surface area contributed by atoms with Crippen LogP contribution < -0.4 is 10.1 Å². The van der Waals surface area contributed by atoms with Crippen molar-refractivity contribution >= 4 is 17.7 Å². The van der Waals surface area contributed by atoms with Crippen molar-refractivity contribution in [3.8, 4) is 5.75 Å². The van der Waals surface area contributed by atoms with Crippen LogP contribution in [-0.4, -0.2) is 38.0 Å². The first kappa shape index (κ1) is 23.1. The summed E-state index contributed by atoms with van der Waals surface area (Å²) in [6.07, 6.45) is 4.21. The molecule has 3 aliphatic rings. The Labute approximate surface area is 194 Å². The summed E-state index contributed by atoms with van der Waals surface area (Å²) in [4.78, 5) is 39.6. The van der Waals surface area contributed by atoms with E-state index in [0.717, 1.165) is 36.9 Å². The molecular weight excluding hydrogens is 422 g/mol. The molecule has 0 radical (unpaired) electrons. The normalized spacial score (nSPS) is 25.5.